The Labute approximate surface area is 135 Å². The van der Waals surface area contributed by atoms with Gasteiger partial charge < -0.3 is 5.32 Å². The van der Waals surface area contributed by atoms with Crippen LogP contribution in [0.3, 0.4) is 0 Å². The highest BCUT2D eigenvalue weighted by molar-refractivity contribution is 9.09. The van der Waals surface area contributed by atoms with Crippen LogP contribution in [0.15, 0.2) is 24.3 Å². The molecule has 3 rings (SSSR count). The van der Waals surface area contributed by atoms with Gasteiger partial charge in [-0.3, -0.25) is 4.79 Å². The fourth-order valence-electron chi connectivity index (χ4n) is 3.77. The number of nitrogens with one attached hydrogen (secondary N) is 1. The normalized spacial score (nSPS) is 28.7. The number of aryl methyl sites for hydroxylation is 1. The van der Waals surface area contributed by atoms with Gasteiger partial charge in [0.1, 0.15) is 0 Å². The summed E-state index contributed by atoms with van der Waals surface area (Å²) in [7, 11) is 0. The van der Waals surface area contributed by atoms with Gasteiger partial charge in [-0.15, -0.1) is 0 Å². The van der Waals surface area contributed by atoms with Crippen molar-refractivity contribution in [1.82, 2.24) is 5.32 Å². The first kappa shape index (κ1) is 15.1. The minimum absolute atomic E-state index is 0.0623. The Bertz CT molecular complexity index is 502. The van der Waals surface area contributed by atoms with E-state index in [4.69, 9.17) is 0 Å². The highest BCUT2D eigenvalue weighted by Crippen LogP contribution is 2.32. The summed E-state index contributed by atoms with van der Waals surface area (Å²) in [4.78, 5) is 13.2. The maximum absolute atomic E-state index is 12.6. The third-order valence-electron chi connectivity index (χ3n) is 5.04. The van der Waals surface area contributed by atoms with Crippen LogP contribution in [0.5, 0.6) is 0 Å². The van der Waals surface area contributed by atoms with Gasteiger partial charge >= 0.3 is 0 Å². The number of amides is 1. The fraction of sp³-hybridized carbons (Fsp3) is 0.611. The van der Waals surface area contributed by atoms with Crippen molar-refractivity contribution in [2.75, 3.05) is 6.54 Å². The first-order valence-corrected chi connectivity index (χ1v) is 9.17. The Morgan fingerprint density at radius 2 is 1.95 bits per heavy atom. The van der Waals surface area contributed by atoms with E-state index in [1.54, 1.807) is 0 Å². The number of hydrogen-bond acceptors (Lipinski definition) is 1. The molecule has 1 N–H and O–H groups in total. The van der Waals surface area contributed by atoms with E-state index >= 15 is 0 Å². The van der Waals surface area contributed by atoms with Crippen molar-refractivity contribution < 1.29 is 4.79 Å². The van der Waals surface area contributed by atoms with E-state index < -0.39 is 0 Å². The van der Waals surface area contributed by atoms with E-state index in [9.17, 15) is 4.79 Å². The maximum atomic E-state index is 12.6. The molecule has 1 aromatic carbocycles. The van der Waals surface area contributed by atoms with Crippen LogP contribution >= 0.6 is 15.9 Å². The van der Waals surface area contributed by atoms with Gasteiger partial charge in [-0.05, 0) is 49.1 Å². The molecule has 0 aromatic heterocycles. The lowest BCUT2D eigenvalue weighted by atomic mass is 9.82. The third-order valence-corrected chi connectivity index (χ3v) is 6.25. The highest BCUT2D eigenvalue weighted by atomic mass is 79.9. The standard InChI is InChI=1S/C18H24BrNO/c19-17-11-4-2-7-14(17)12-20-18(21)16-10-5-8-13-6-1-3-9-15(13)16/h1,3,6,9,14,16-17H,2,4-5,7-8,10-12H2,(H,20,21). The lowest BCUT2D eigenvalue weighted by Gasteiger charge is -2.29. The second kappa shape index (κ2) is 6.95. The van der Waals surface area contributed by atoms with Crippen LogP contribution in [0.2, 0.25) is 0 Å². The average Bonchev–Trinajstić information content (AvgIpc) is 2.53. The molecule has 114 valence electrons. The summed E-state index contributed by atoms with van der Waals surface area (Å²) in [5.41, 5.74) is 2.61. The molecule has 3 unspecified atom stereocenters. The SMILES string of the molecule is O=C(NCC1CCCCC1Br)C1CCCc2ccccc21. The topological polar surface area (TPSA) is 29.1 Å². The van der Waals surface area contributed by atoms with Crippen molar-refractivity contribution in [2.24, 2.45) is 5.92 Å². The molecule has 2 aliphatic rings. The van der Waals surface area contributed by atoms with Gasteiger partial charge in [-0.2, -0.15) is 0 Å². The molecule has 2 aliphatic carbocycles. The Morgan fingerprint density at radius 1 is 1.14 bits per heavy atom. The molecule has 1 fully saturated rings. The number of benzene rings is 1. The van der Waals surface area contributed by atoms with Crippen molar-refractivity contribution in [3.05, 3.63) is 35.4 Å². The Morgan fingerprint density at radius 3 is 2.81 bits per heavy atom. The van der Waals surface area contributed by atoms with E-state index in [1.165, 1.54) is 36.8 Å². The predicted molar refractivity (Wildman–Crippen MR) is 89.8 cm³/mol. The number of rotatable bonds is 3. The summed E-state index contributed by atoms with van der Waals surface area (Å²) in [5.74, 6) is 0.890. The lowest BCUT2D eigenvalue weighted by molar-refractivity contribution is -0.123. The molecule has 21 heavy (non-hydrogen) atoms. The number of carbonyl (C=O) groups excluding carboxylic acids is 1. The van der Waals surface area contributed by atoms with E-state index in [1.807, 2.05) is 0 Å². The van der Waals surface area contributed by atoms with Crippen molar-refractivity contribution in [1.29, 1.82) is 0 Å². The molecule has 0 heterocycles. The zero-order chi connectivity index (χ0) is 14.7. The molecule has 0 saturated heterocycles. The van der Waals surface area contributed by atoms with Crippen LogP contribution in [0.1, 0.15) is 55.6 Å². The van der Waals surface area contributed by atoms with Gasteiger partial charge in [-0.25, -0.2) is 0 Å². The summed E-state index contributed by atoms with van der Waals surface area (Å²) in [6.45, 7) is 0.827. The molecule has 1 saturated carbocycles. The Balaban J connectivity index is 1.61. The molecular formula is C18H24BrNO. The summed E-state index contributed by atoms with van der Waals surface area (Å²) >= 11 is 3.78. The van der Waals surface area contributed by atoms with Crippen molar-refractivity contribution in [3.8, 4) is 0 Å². The fourth-order valence-corrected chi connectivity index (χ4v) is 4.55. The van der Waals surface area contributed by atoms with Crippen molar-refractivity contribution in [3.63, 3.8) is 0 Å². The second-order valence-corrected chi connectivity index (χ2v) is 7.63. The highest BCUT2D eigenvalue weighted by Gasteiger charge is 2.28. The molecule has 1 aromatic rings. The average molecular weight is 350 g/mol. The first-order chi connectivity index (χ1) is 10.3. The number of alkyl halides is 1. The summed E-state index contributed by atoms with van der Waals surface area (Å²) in [6, 6.07) is 8.44. The third kappa shape index (κ3) is 3.50. The van der Waals surface area contributed by atoms with E-state index in [0.29, 0.717) is 10.7 Å². The zero-order valence-electron chi connectivity index (χ0n) is 12.5. The van der Waals surface area contributed by atoms with Gasteiger partial charge in [0.15, 0.2) is 0 Å². The van der Waals surface area contributed by atoms with Gasteiger partial charge in [-0.1, -0.05) is 53.0 Å². The Hall–Kier alpha value is -0.830. The minimum Gasteiger partial charge on any atom is -0.355 e. The van der Waals surface area contributed by atoms with Gasteiger partial charge in [0.2, 0.25) is 5.91 Å². The molecule has 3 atom stereocenters. The number of hydrogen-bond donors (Lipinski definition) is 1. The van der Waals surface area contributed by atoms with Gasteiger partial charge in [0.05, 0.1) is 5.92 Å². The monoisotopic (exact) mass is 349 g/mol. The van der Waals surface area contributed by atoms with Crippen LogP contribution < -0.4 is 5.32 Å². The first-order valence-electron chi connectivity index (χ1n) is 8.25. The van der Waals surface area contributed by atoms with Crippen LogP contribution in [0.25, 0.3) is 0 Å². The van der Waals surface area contributed by atoms with Crippen LogP contribution in [0.4, 0.5) is 0 Å². The second-order valence-electron chi connectivity index (χ2n) is 6.45. The molecule has 0 aliphatic heterocycles. The summed E-state index contributed by atoms with van der Waals surface area (Å²) in [5, 5.41) is 3.22. The van der Waals surface area contributed by atoms with E-state index in [2.05, 4.69) is 45.5 Å². The van der Waals surface area contributed by atoms with E-state index in [0.717, 1.165) is 25.8 Å². The van der Waals surface area contributed by atoms with E-state index in [-0.39, 0.29) is 11.8 Å². The molecule has 0 radical (unpaired) electrons. The predicted octanol–water partition coefficient (Wildman–Crippen LogP) is 4.18. The van der Waals surface area contributed by atoms with Crippen LogP contribution in [-0.2, 0) is 11.2 Å². The van der Waals surface area contributed by atoms with Gasteiger partial charge in [0, 0.05) is 11.4 Å². The maximum Gasteiger partial charge on any atom is 0.227 e. The minimum atomic E-state index is 0.0623. The van der Waals surface area contributed by atoms with Crippen molar-refractivity contribution in [2.45, 2.75) is 55.7 Å². The molecule has 2 nitrogen and oxygen atoms in total. The number of fused-ring (bicyclic) bond motifs is 1. The van der Waals surface area contributed by atoms with Crippen LogP contribution in [-0.4, -0.2) is 17.3 Å². The number of halogens is 1. The molecule has 1 amide bonds. The van der Waals surface area contributed by atoms with Crippen molar-refractivity contribution >= 4 is 21.8 Å². The van der Waals surface area contributed by atoms with Crippen LogP contribution in [0, 0.1) is 5.92 Å². The smallest absolute Gasteiger partial charge is 0.227 e. The molecule has 3 heteroatoms. The lowest BCUT2D eigenvalue weighted by Crippen LogP contribution is -2.37. The van der Waals surface area contributed by atoms with Gasteiger partial charge in [0.25, 0.3) is 0 Å². The number of carbonyl (C=O) groups is 1. The molecule has 0 bridgehead atoms. The molecule has 0 spiro atoms. The largest absolute Gasteiger partial charge is 0.355 e. The molecular weight excluding hydrogens is 326 g/mol. The zero-order valence-corrected chi connectivity index (χ0v) is 14.1. The Kier molecular flexibility index (Phi) is 4.99. The summed E-state index contributed by atoms with van der Waals surface area (Å²) in [6.07, 6.45) is 8.33. The summed E-state index contributed by atoms with van der Waals surface area (Å²) < 4.78 is 0. The quantitative estimate of drug-likeness (QED) is 0.815.